The fourth-order valence-corrected chi connectivity index (χ4v) is 4.93. The van der Waals surface area contributed by atoms with Gasteiger partial charge in [-0.15, -0.1) is 0 Å². The molecule has 32 heavy (non-hydrogen) atoms. The number of aromatic nitrogens is 1. The zero-order valence-corrected chi connectivity index (χ0v) is 18.9. The number of fused-ring (bicyclic) bond motifs is 1. The van der Waals surface area contributed by atoms with Gasteiger partial charge in [0.05, 0.1) is 22.7 Å². The van der Waals surface area contributed by atoms with Gasteiger partial charge in [-0.05, 0) is 43.4 Å². The van der Waals surface area contributed by atoms with E-state index in [1.165, 1.54) is 17.0 Å². The molecule has 1 aliphatic rings. The Hall–Kier alpha value is -2.70. The van der Waals surface area contributed by atoms with Crippen LogP contribution >= 0.6 is 11.3 Å². The molecule has 0 bridgehead atoms. The number of nitrogens with one attached hydrogen (secondary N) is 1. The first-order valence-electron chi connectivity index (χ1n) is 9.54. The van der Waals surface area contributed by atoms with E-state index in [1.807, 2.05) is 0 Å². The number of hydroxylamine groups is 1. The van der Waals surface area contributed by atoms with E-state index < -0.39 is 38.7 Å². The highest BCUT2D eigenvalue weighted by Gasteiger charge is 2.54. The summed E-state index contributed by atoms with van der Waals surface area (Å²) in [6.07, 6.45) is 0.876. The summed E-state index contributed by atoms with van der Waals surface area (Å²) in [4.78, 5) is 24.1. The number of benzene rings is 1. The number of rotatable bonds is 6. The van der Waals surface area contributed by atoms with Gasteiger partial charge >= 0.3 is 4.87 Å². The van der Waals surface area contributed by atoms with Crippen molar-refractivity contribution in [1.29, 1.82) is 0 Å². The molecule has 1 unspecified atom stereocenters. The van der Waals surface area contributed by atoms with Crippen molar-refractivity contribution in [3.63, 3.8) is 0 Å². The Bertz CT molecular complexity index is 1360. The molecule has 0 saturated heterocycles. The third-order valence-electron chi connectivity index (χ3n) is 5.67. The Balaban J connectivity index is 1.81. The molecule has 1 fully saturated rings. The second-order valence-electron chi connectivity index (χ2n) is 7.86. The molecule has 3 rings (SSSR count). The Morgan fingerprint density at radius 1 is 1.44 bits per heavy atom. The molecular weight excluding hydrogens is 459 g/mol. The van der Waals surface area contributed by atoms with Gasteiger partial charge in [-0.2, -0.15) is 0 Å². The maximum absolute atomic E-state index is 13.6. The largest absolute Gasteiger partial charge is 0.393 e. The van der Waals surface area contributed by atoms with E-state index in [-0.39, 0.29) is 24.3 Å². The van der Waals surface area contributed by atoms with E-state index in [0.29, 0.717) is 15.8 Å². The Morgan fingerprint density at radius 3 is 2.75 bits per heavy atom. The predicted octanol–water partition coefficient (Wildman–Crippen LogP) is 0.837. The Morgan fingerprint density at radius 2 is 2.16 bits per heavy atom. The summed E-state index contributed by atoms with van der Waals surface area (Å²) in [5.74, 6) is 9.12. The van der Waals surface area contributed by atoms with Gasteiger partial charge in [-0.3, -0.25) is 19.4 Å². The van der Waals surface area contributed by atoms with Crippen molar-refractivity contribution in [3.05, 3.63) is 33.4 Å². The number of aryl methyl sites for hydroxylation is 1. The normalized spacial score (nSPS) is 21.6. The highest BCUT2D eigenvalue weighted by atomic mass is 32.2. The number of carbonyl (C=O) groups excluding carboxylic acids is 1. The monoisotopic (exact) mass is 480 g/mol. The standard InChI is InChI=1S/C21H21FN2O6S2/c1-20(18(26)23-28,32(2,29)30)9-10-24-16-8-7-14(11-17(16)31-19(24)27)5-3-4-6-15-12-21(15,22)13-25/h7-8,11,15,25,28H,9-10,12-13H2,1-2H3,(H,23,26)/t15-,20?,21-/m0/s1. The van der Waals surface area contributed by atoms with E-state index >= 15 is 0 Å². The lowest BCUT2D eigenvalue weighted by Gasteiger charge is -2.25. The van der Waals surface area contributed by atoms with Crippen molar-refractivity contribution in [1.82, 2.24) is 10.0 Å². The Kier molecular flexibility index (Phi) is 6.50. The highest BCUT2D eigenvalue weighted by Crippen LogP contribution is 2.46. The molecule has 1 saturated carbocycles. The number of sulfone groups is 1. The van der Waals surface area contributed by atoms with Gasteiger partial charge in [0.25, 0.3) is 5.91 Å². The van der Waals surface area contributed by atoms with Crippen molar-refractivity contribution in [2.45, 2.75) is 36.7 Å². The molecular formula is C21H21FN2O6S2. The molecule has 0 spiro atoms. The van der Waals surface area contributed by atoms with Crippen molar-refractivity contribution in [2.24, 2.45) is 5.92 Å². The summed E-state index contributed by atoms with van der Waals surface area (Å²) < 4.78 is 37.9. The Labute approximate surface area is 187 Å². The second kappa shape index (κ2) is 8.68. The molecule has 0 aliphatic heterocycles. The van der Waals surface area contributed by atoms with Crippen LogP contribution in [0.1, 0.15) is 25.3 Å². The van der Waals surface area contributed by atoms with Crippen LogP contribution in [-0.4, -0.2) is 52.5 Å². The first-order valence-corrected chi connectivity index (χ1v) is 12.2. The van der Waals surface area contributed by atoms with Gasteiger partial charge in [0.2, 0.25) is 0 Å². The molecule has 8 nitrogen and oxygen atoms in total. The fourth-order valence-electron chi connectivity index (χ4n) is 3.13. The van der Waals surface area contributed by atoms with E-state index in [1.54, 1.807) is 18.2 Å². The summed E-state index contributed by atoms with van der Waals surface area (Å²) >= 11 is 0.949. The maximum Gasteiger partial charge on any atom is 0.308 e. The number of nitrogens with zero attached hydrogens (tertiary/aromatic N) is 1. The third-order valence-corrected chi connectivity index (χ3v) is 8.64. The van der Waals surface area contributed by atoms with Gasteiger partial charge in [-0.25, -0.2) is 18.3 Å². The van der Waals surface area contributed by atoms with Crippen molar-refractivity contribution >= 4 is 37.3 Å². The zero-order chi connectivity index (χ0) is 23.7. The van der Waals surface area contributed by atoms with E-state index in [4.69, 9.17) is 10.3 Å². The van der Waals surface area contributed by atoms with Crippen LogP contribution in [0.15, 0.2) is 23.0 Å². The number of aliphatic hydroxyl groups excluding tert-OH is 1. The summed E-state index contributed by atoms with van der Waals surface area (Å²) in [6, 6.07) is 5.01. The van der Waals surface area contributed by atoms with Gasteiger partial charge in [-0.1, -0.05) is 23.2 Å². The minimum atomic E-state index is -3.88. The maximum atomic E-state index is 13.6. The van der Waals surface area contributed by atoms with Gasteiger partial charge in [0.1, 0.15) is 5.67 Å². The summed E-state index contributed by atoms with van der Waals surface area (Å²) in [5.41, 5.74) is 0.909. The van der Waals surface area contributed by atoms with E-state index in [2.05, 4.69) is 23.7 Å². The molecule has 1 aromatic carbocycles. The number of alkyl halides is 1. The molecule has 3 N–H and O–H groups in total. The summed E-state index contributed by atoms with van der Waals surface area (Å²) in [6.45, 7) is 0.585. The van der Waals surface area contributed by atoms with Gasteiger partial charge in [0, 0.05) is 24.8 Å². The number of thiazole rings is 1. The molecule has 0 radical (unpaired) electrons. The van der Waals surface area contributed by atoms with Gasteiger partial charge < -0.3 is 5.11 Å². The van der Waals surface area contributed by atoms with Crippen molar-refractivity contribution in [3.8, 4) is 23.7 Å². The average Bonchev–Trinajstić information content (AvgIpc) is 3.29. The minimum absolute atomic E-state index is 0.0520. The first kappa shape index (κ1) is 24.0. The first-order chi connectivity index (χ1) is 14.9. The smallest absolute Gasteiger partial charge is 0.308 e. The van der Waals surface area contributed by atoms with E-state index in [9.17, 15) is 22.4 Å². The molecule has 3 atom stereocenters. The van der Waals surface area contributed by atoms with Crippen LogP contribution < -0.4 is 10.4 Å². The average molecular weight is 481 g/mol. The highest BCUT2D eigenvalue weighted by molar-refractivity contribution is 7.92. The van der Waals surface area contributed by atoms with Crippen molar-refractivity contribution in [2.75, 3.05) is 12.9 Å². The van der Waals surface area contributed by atoms with Crippen LogP contribution in [0.25, 0.3) is 10.2 Å². The minimum Gasteiger partial charge on any atom is -0.393 e. The van der Waals surface area contributed by atoms with Crippen LogP contribution in [0.4, 0.5) is 4.39 Å². The second-order valence-corrected chi connectivity index (χ2v) is 11.3. The number of hydrogen-bond donors (Lipinski definition) is 3. The molecule has 1 amide bonds. The third kappa shape index (κ3) is 4.57. The topological polar surface area (TPSA) is 126 Å². The number of carbonyl (C=O) groups is 1. The summed E-state index contributed by atoms with van der Waals surface area (Å²) in [7, 11) is -3.88. The predicted molar refractivity (Wildman–Crippen MR) is 118 cm³/mol. The van der Waals surface area contributed by atoms with Crippen LogP contribution in [-0.2, 0) is 21.2 Å². The molecule has 1 aliphatic carbocycles. The molecule has 2 aromatic rings. The molecule has 1 heterocycles. The van der Waals surface area contributed by atoms with Gasteiger partial charge in [0.15, 0.2) is 14.6 Å². The van der Waals surface area contributed by atoms with Crippen molar-refractivity contribution < 1.29 is 27.9 Å². The van der Waals surface area contributed by atoms with E-state index in [0.717, 1.165) is 17.6 Å². The van der Waals surface area contributed by atoms with Crippen LogP contribution in [0, 0.1) is 29.6 Å². The number of halogens is 1. The quantitative estimate of drug-likeness (QED) is 0.320. The SMILES string of the molecule is CC(CCn1c(=O)sc2cc(C#CC#C[C@H]3C[C@]3(F)CO)ccc21)(C(=O)NO)S(C)(=O)=O. The number of aliphatic hydroxyl groups is 1. The van der Waals surface area contributed by atoms with Crippen LogP contribution in [0.3, 0.4) is 0 Å². The summed E-state index contributed by atoms with van der Waals surface area (Å²) in [5, 5.41) is 17.8. The van der Waals surface area contributed by atoms with Crippen LogP contribution in [0.2, 0.25) is 0 Å². The molecule has 170 valence electrons. The zero-order valence-electron chi connectivity index (χ0n) is 17.3. The molecule has 11 heteroatoms. The fraction of sp³-hybridized carbons (Fsp3) is 0.429. The number of amides is 1. The lowest BCUT2D eigenvalue weighted by Crippen LogP contribution is -2.49. The lowest BCUT2D eigenvalue weighted by atomic mass is 10.1. The number of hydrogen-bond acceptors (Lipinski definition) is 7. The van der Waals surface area contributed by atoms with Crippen LogP contribution in [0.5, 0.6) is 0 Å². The molecule has 1 aromatic heterocycles. The lowest BCUT2D eigenvalue weighted by molar-refractivity contribution is -0.131.